The van der Waals surface area contributed by atoms with Crippen LogP contribution in [-0.4, -0.2) is 0 Å². The molecule has 0 aliphatic heterocycles. The second-order valence-electron chi connectivity index (χ2n) is 15.1. The standard InChI is InChI=1S/C35H37N.C15H12.C7H8.C2H6/c1-6-28(27(5)22-21-26(3)4)23-24-30(7-2)36(31-16-9-8-10-17-31)35-25-29-15-11-12-18-32(29)33-19-13-14-20-34(33)35;1-11-10-12-6-2-3-8-14(12)15-9-5-4-7-13(11)15;1-7-5-3-2-4-6-7;1-2/h8-25H,6-7H2,1-5H3;2-10H,1H3;2-6H,1H3;1-2H3/b27-22+,28-23+,30-24+;;;. The Bertz CT molecular complexity index is 2720. The van der Waals surface area contributed by atoms with Gasteiger partial charge in [0, 0.05) is 16.8 Å². The van der Waals surface area contributed by atoms with E-state index in [2.05, 4.69) is 229 Å². The first-order valence-electron chi connectivity index (χ1n) is 21.6. The van der Waals surface area contributed by atoms with Crippen molar-refractivity contribution in [3.05, 3.63) is 228 Å². The van der Waals surface area contributed by atoms with Gasteiger partial charge in [0.1, 0.15) is 0 Å². The molecule has 0 saturated heterocycles. The van der Waals surface area contributed by atoms with Crippen LogP contribution in [-0.2, 0) is 0 Å². The molecular weight excluding hydrogens is 723 g/mol. The summed E-state index contributed by atoms with van der Waals surface area (Å²) in [6.07, 6.45) is 11.0. The molecule has 8 aromatic rings. The van der Waals surface area contributed by atoms with Crippen LogP contribution in [0.15, 0.2) is 217 Å². The minimum Gasteiger partial charge on any atom is -0.314 e. The van der Waals surface area contributed by atoms with Crippen molar-refractivity contribution < 1.29 is 0 Å². The van der Waals surface area contributed by atoms with Gasteiger partial charge in [-0.2, -0.15) is 0 Å². The SMILES string of the molecule is CC.CCC(=C\C=C(/CC)N(c1ccccc1)c1cc2ccccc2c2ccccc12)/C(C)=C/C=C(C)C.Cc1cc2ccccc2c2ccccc12.Cc1ccccc1. The lowest BCUT2D eigenvalue weighted by Gasteiger charge is -2.29. The van der Waals surface area contributed by atoms with Gasteiger partial charge in [0.05, 0.1) is 5.69 Å². The fourth-order valence-corrected chi connectivity index (χ4v) is 7.51. The van der Waals surface area contributed by atoms with Gasteiger partial charge < -0.3 is 4.90 Å². The van der Waals surface area contributed by atoms with Gasteiger partial charge in [0.15, 0.2) is 0 Å². The highest BCUT2D eigenvalue weighted by molar-refractivity contribution is 6.14. The molecular formula is C59H63N. The van der Waals surface area contributed by atoms with E-state index >= 15 is 0 Å². The van der Waals surface area contributed by atoms with Crippen LogP contribution >= 0.6 is 0 Å². The van der Waals surface area contributed by atoms with Gasteiger partial charge in [0.2, 0.25) is 0 Å². The highest BCUT2D eigenvalue weighted by Gasteiger charge is 2.17. The molecule has 0 radical (unpaired) electrons. The fraction of sp³-hybridized carbons (Fsp3) is 0.186. The van der Waals surface area contributed by atoms with Crippen molar-refractivity contribution >= 4 is 54.5 Å². The molecule has 0 amide bonds. The number of hydrogen-bond acceptors (Lipinski definition) is 1. The number of hydrogen-bond donors (Lipinski definition) is 0. The average molecular weight is 786 g/mol. The predicted molar refractivity (Wildman–Crippen MR) is 269 cm³/mol. The first kappa shape index (κ1) is 44.7. The van der Waals surface area contributed by atoms with E-state index in [-0.39, 0.29) is 0 Å². The molecule has 0 aliphatic rings. The zero-order chi connectivity index (χ0) is 42.9. The van der Waals surface area contributed by atoms with Gasteiger partial charge in [-0.25, -0.2) is 0 Å². The van der Waals surface area contributed by atoms with Crippen molar-refractivity contribution in [3.8, 4) is 0 Å². The summed E-state index contributed by atoms with van der Waals surface area (Å²) < 4.78 is 0. The summed E-state index contributed by atoms with van der Waals surface area (Å²) in [5, 5.41) is 10.5. The quantitative estimate of drug-likeness (QED) is 0.110. The molecule has 304 valence electrons. The van der Waals surface area contributed by atoms with Crippen LogP contribution in [0.5, 0.6) is 0 Å². The first-order chi connectivity index (χ1) is 29.3. The fourth-order valence-electron chi connectivity index (χ4n) is 7.51. The van der Waals surface area contributed by atoms with Crippen LogP contribution in [0.4, 0.5) is 11.4 Å². The van der Waals surface area contributed by atoms with Crippen LogP contribution < -0.4 is 4.90 Å². The Kier molecular flexibility index (Phi) is 16.9. The Labute approximate surface area is 360 Å². The normalized spacial score (nSPS) is 11.5. The lowest BCUT2D eigenvalue weighted by molar-refractivity contribution is 1.01. The predicted octanol–water partition coefficient (Wildman–Crippen LogP) is 18.0. The molecule has 0 aromatic heterocycles. The van der Waals surface area contributed by atoms with Crippen molar-refractivity contribution in [2.45, 2.75) is 75.2 Å². The van der Waals surface area contributed by atoms with E-state index in [1.54, 1.807) is 0 Å². The second kappa shape index (κ2) is 22.6. The average Bonchev–Trinajstić information content (AvgIpc) is 3.30. The number of anilines is 2. The zero-order valence-electron chi connectivity index (χ0n) is 37.3. The third-order valence-corrected chi connectivity index (χ3v) is 10.6. The highest BCUT2D eigenvalue weighted by atomic mass is 15.1. The van der Waals surface area contributed by atoms with Crippen LogP contribution in [0.25, 0.3) is 43.1 Å². The Morgan fingerprint density at radius 3 is 1.43 bits per heavy atom. The number of para-hydroxylation sites is 1. The molecule has 0 bridgehead atoms. The van der Waals surface area contributed by atoms with E-state index in [0.717, 1.165) is 12.8 Å². The van der Waals surface area contributed by atoms with Crippen molar-refractivity contribution in [1.82, 2.24) is 0 Å². The van der Waals surface area contributed by atoms with Gasteiger partial charge in [-0.15, -0.1) is 0 Å². The van der Waals surface area contributed by atoms with E-state index in [1.807, 2.05) is 32.0 Å². The van der Waals surface area contributed by atoms with Crippen molar-refractivity contribution in [2.75, 3.05) is 4.90 Å². The van der Waals surface area contributed by atoms with Crippen molar-refractivity contribution in [2.24, 2.45) is 0 Å². The van der Waals surface area contributed by atoms with Gasteiger partial charge >= 0.3 is 0 Å². The Hall–Kier alpha value is -6.44. The van der Waals surface area contributed by atoms with Crippen LogP contribution in [0, 0.1) is 13.8 Å². The Balaban J connectivity index is 0.000000230. The molecule has 0 saturated carbocycles. The molecule has 1 nitrogen and oxygen atoms in total. The third-order valence-electron chi connectivity index (χ3n) is 10.6. The van der Waals surface area contributed by atoms with Crippen LogP contribution in [0.3, 0.4) is 0 Å². The lowest BCUT2D eigenvalue weighted by atomic mass is 9.98. The van der Waals surface area contributed by atoms with Crippen LogP contribution in [0.2, 0.25) is 0 Å². The lowest BCUT2D eigenvalue weighted by Crippen LogP contribution is -2.16. The second-order valence-corrected chi connectivity index (χ2v) is 15.1. The summed E-state index contributed by atoms with van der Waals surface area (Å²) in [5.41, 5.74) is 10.3. The number of rotatable bonds is 8. The maximum atomic E-state index is 2.44. The summed E-state index contributed by atoms with van der Waals surface area (Å²) in [5.74, 6) is 0. The number of allylic oxidation sites excluding steroid dienone is 8. The summed E-state index contributed by atoms with van der Waals surface area (Å²) in [6, 6.07) is 60.2. The summed E-state index contributed by atoms with van der Waals surface area (Å²) in [7, 11) is 0. The van der Waals surface area contributed by atoms with E-state index < -0.39 is 0 Å². The summed E-state index contributed by atoms with van der Waals surface area (Å²) in [4.78, 5) is 2.44. The van der Waals surface area contributed by atoms with E-state index in [9.17, 15) is 0 Å². The number of benzene rings is 8. The van der Waals surface area contributed by atoms with E-state index in [1.165, 1.54) is 88.0 Å². The van der Waals surface area contributed by atoms with Gasteiger partial charge in [0.25, 0.3) is 0 Å². The minimum absolute atomic E-state index is 0.917. The number of aryl methyl sites for hydroxylation is 2. The molecule has 0 fully saturated rings. The van der Waals surface area contributed by atoms with Crippen molar-refractivity contribution in [1.29, 1.82) is 0 Å². The van der Waals surface area contributed by atoms with Crippen molar-refractivity contribution in [3.63, 3.8) is 0 Å². The molecule has 0 heterocycles. The van der Waals surface area contributed by atoms with Gasteiger partial charge in [-0.1, -0.05) is 209 Å². The smallest absolute Gasteiger partial charge is 0.0543 e. The van der Waals surface area contributed by atoms with Gasteiger partial charge in [-0.3, -0.25) is 0 Å². The van der Waals surface area contributed by atoms with Gasteiger partial charge in [-0.05, 0) is 126 Å². The summed E-state index contributed by atoms with van der Waals surface area (Å²) in [6.45, 7) is 19.2. The summed E-state index contributed by atoms with van der Waals surface area (Å²) >= 11 is 0. The molecule has 0 atom stereocenters. The number of nitrogens with zero attached hydrogens (tertiary/aromatic N) is 1. The molecule has 0 spiro atoms. The largest absolute Gasteiger partial charge is 0.314 e. The molecule has 0 unspecified atom stereocenters. The minimum atomic E-state index is 0.917. The van der Waals surface area contributed by atoms with E-state index in [0.29, 0.717) is 0 Å². The molecule has 8 aromatic carbocycles. The maximum absolute atomic E-state index is 2.44. The van der Waals surface area contributed by atoms with Crippen LogP contribution in [0.1, 0.15) is 72.4 Å². The number of fused-ring (bicyclic) bond motifs is 6. The maximum Gasteiger partial charge on any atom is 0.0543 e. The topological polar surface area (TPSA) is 3.24 Å². The Morgan fingerprint density at radius 1 is 0.450 bits per heavy atom. The molecule has 0 aliphatic carbocycles. The molecule has 60 heavy (non-hydrogen) atoms. The highest BCUT2D eigenvalue weighted by Crippen LogP contribution is 2.40. The molecule has 1 heteroatoms. The molecule has 8 rings (SSSR count). The molecule has 0 N–H and O–H groups in total. The van der Waals surface area contributed by atoms with E-state index in [4.69, 9.17) is 0 Å². The zero-order valence-corrected chi connectivity index (χ0v) is 37.3. The Morgan fingerprint density at radius 2 is 0.917 bits per heavy atom. The first-order valence-corrected chi connectivity index (χ1v) is 21.6. The third kappa shape index (κ3) is 11.4. The monoisotopic (exact) mass is 785 g/mol.